The van der Waals surface area contributed by atoms with E-state index < -0.39 is 5.91 Å². The van der Waals surface area contributed by atoms with Crippen molar-refractivity contribution in [1.29, 1.82) is 0 Å². The molecular formula is C16H13ClN2O2. The van der Waals surface area contributed by atoms with E-state index in [0.717, 1.165) is 17.0 Å². The van der Waals surface area contributed by atoms with Gasteiger partial charge in [0.2, 0.25) is 11.8 Å². The summed E-state index contributed by atoms with van der Waals surface area (Å²) in [5, 5.41) is 3.72. The van der Waals surface area contributed by atoms with Crippen molar-refractivity contribution < 1.29 is 9.53 Å². The number of anilines is 1. The third-order valence-corrected chi connectivity index (χ3v) is 3.48. The van der Waals surface area contributed by atoms with E-state index in [0.29, 0.717) is 22.9 Å². The molecule has 0 atom stereocenters. The number of para-hydroxylation sites is 1. The molecule has 2 aromatic carbocycles. The second kappa shape index (κ2) is 5.50. The van der Waals surface area contributed by atoms with Gasteiger partial charge in [0.1, 0.15) is 5.75 Å². The maximum atomic E-state index is 11.6. The van der Waals surface area contributed by atoms with Gasteiger partial charge in [-0.25, -0.2) is 0 Å². The Labute approximate surface area is 127 Å². The second-order valence-corrected chi connectivity index (χ2v) is 5.13. The fourth-order valence-corrected chi connectivity index (χ4v) is 2.28. The number of halogens is 1. The first-order valence-electron chi connectivity index (χ1n) is 6.45. The normalized spacial score (nSPS) is 13.4. The topological polar surface area (TPSA) is 64.4 Å². The molecule has 0 fully saturated rings. The zero-order chi connectivity index (χ0) is 14.8. The van der Waals surface area contributed by atoms with Crippen molar-refractivity contribution >= 4 is 23.2 Å². The Hall–Kier alpha value is -2.46. The van der Waals surface area contributed by atoms with Gasteiger partial charge in [-0.3, -0.25) is 4.79 Å². The molecule has 0 aromatic heterocycles. The SMILES string of the molecule is NC(=O)C1=C(Nc2ccc(Cl)cc2)Oc2ccccc2C1. The molecule has 1 heterocycles. The van der Waals surface area contributed by atoms with Gasteiger partial charge in [-0.15, -0.1) is 0 Å². The summed E-state index contributed by atoms with van der Waals surface area (Å²) in [5.74, 6) is 0.587. The number of nitrogens with two attached hydrogens (primary N) is 1. The lowest BCUT2D eigenvalue weighted by Crippen LogP contribution is -2.25. The minimum absolute atomic E-state index is 0.364. The zero-order valence-corrected chi connectivity index (χ0v) is 11.9. The van der Waals surface area contributed by atoms with Crippen LogP contribution < -0.4 is 15.8 Å². The predicted molar refractivity (Wildman–Crippen MR) is 82.1 cm³/mol. The molecule has 106 valence electrons. The smallest absolute Gasteiger partial charge is 0.250 e. The summed E-state index contributed by atoms with van der Waals surface area (Å²) in [5.41, 5.74) is 7.58. The number of amides is 1. The summed E-state index contributed by atoms with van der Waals surface area (Å²) in [6, 6.07) is 14.7. The van der Waals surface area contributed by atoms with Crippen LogP contribution in [0.4, 0.5) is 5.69 Å². The van der Waals surface area contributed by atoms with E-state index >= 15 is 0 Å². The lowest BCUT2D eigenvalue weighted by molar-refractivity contribution is -0.114. The monoisotopic (exact) mass is 300 g/mol. The van der Waals surface area contributed by atoms with E-state index in [4.69, 9.17) is 22.1 Å². The molecule has 1 amide bonds. The number of nitrogens with one attached hydrogen (secondary N) is 1. The molecule has 0 saturated carbocycles. The number of carbonyl (C=O) groups excluding carboxylic acids is 1. The molecule has 3 N–H and O–H groups in total. The standard InChI is InChI=1S/C16H13ClN2O2/c17-11-5-7-12(8-6-11)19-16-13(15(18)20)9-10-3-1-2-4-14(10)21-16/h1-8,19H,9H2,(H2,18,20). The van der Waals surface area contributed by atoms with Crippen LogP contribution in [0.2, 0.25) is 5.02 Å². The molecule has 0 bridgehead atoms. The first-order chi connectivity index (χ1) is 10.1. The maximum absolute atomic E-state index is 11.6. The predicted octanol–water partition coefficient (Wildman–Crippen LogP) is 3.08. The van der Waals surface area contributed by atoms with Crippen LogP contribution in [0.25, 0.3) is 0 Å². The molecule has 21 heavy (non-hydrogen) atoms. The van der Waals surface area contributed by atoms with Gasteiger partial charge in [-0.2, -0.15) is 0 Å². The van der Waals surface area contributed by atoms with Crippen LogP contribution in [0.15, 0.2) is 60.0 Å². The van der Waals surface area contributed by atoms with Gasteiger partial charge in [0, 0.05) is 17.1 Å². The average Bonchev–Trinajstić information content (AvgIpc) is 2.48. The molecule has 0 radical (unpaired) electrons. The van der Waals surface area contributed by atoms with Gasteiger partial charge in [-0.1, -0.05) is 29.8 Å². The van der Waals surface area contributed by atoms with Crippen molar-refractivity contribution in [3.05, 3.63) is 70.6 Å². The minimum Gasteiger partial charge on any atom is -0.440 e. The van der Waals surface area contributed by atoms with Gasteiger partial charge < -0.3 is 15.8 Å². The molecule has 5 heteroatoms. The number of rotatable bonds is 3. The number of hydrogen-bond acceptors (Lipinski definition) is 3. The molecule has 2 aromatic rings. The highest BCUT2D eigenvalue weighted by molar-refractivity contribution is 6.30. The van der Waals surface area contributed by atoms with Gasteiger partial charge in [0.25, 0.3) is 0 Å². The molecule has 0 aliphatic carbocycles. The Morgan fingerprint density at radius 1 is 1.14 bits per heavy atom. The number of benzene rings is 2. The van der Waals surface area contributed by atoms with E-state index in [1.165, 1.54) is 0 Å². The Balaban J connectivity index is 1.94. The average molecular weight is 301 g/mol. The summed E-state index contributed by atoms with van der Waals surface area (Å²) in [6.07, 6.45) is 0.446. The number of ether oxygens (including phenoxy) is 1. The van der Waals surface area contributed by atoms with E-state index in [-0.39, 0.29) is 0 Å². The molecule has 1 aliphatic rings. The van der Waals surface area contributed by atoms with E-state index in [1.807, 2.05) is 24.3 Å². The third kappa shape index (κ3) is 2.85. The van der Waals surface area contributed by atoms with E-state index in [1.54, 1.807) is 24.3 Å². The number of primary amides is 1. The molecule has 0 saturated heterocycles. The highest BCUT2D eigenvalue weighted by atomic mass is 35.5. The van der Waals surface area contributed by atoms with Crippen LogP contribution in [0, 0.1) is 0 Å². The molecule has 0 spiro atoms. The summed E-state index contributed by atoms with van der Waals surface area (Å²) < 4.78 is 5.77. The summed E-state index contributed by atoms with van der Waals surface area (Å²) in [6.45, 7) is 0. The summed E-state index contributed by atoms with van der Waals surface area (Å²) >= 11 is 5.86. The quantitative estimate of drug-likeness (QED) is 0.915. The fourth-order valence-electron chi connectivity index (χ4n) is 2.16. The maximum Gasteiger partial charge on any atom is 0.250 e. The Morgan fingerprint density at radius 2 is 1.86 bits per heavy atom. The van der Waals surface area contributed by atoms with Gasteiger partial charge in [-0.05, 0) is 35.9 Å². The molecule has 1 aliphatic heterocycles. The second-order valence-electron chi connectivity index (χ2n) is 4.69. The number of fused-ring (bicyclic) bond motifs is 1. The third-order valence-electron chi connectivity index (χ3n) is 3.23. The van der Waals surface area contributed by atoms with Crippen LogP contribution in [0.5, 0.6) is 5.75 Å². The highest BCUT2D eigenvalue weighted by Gasteiger charge is 2.23. The first kappa shape index (κ1) is 13.5. The van der Waals surface area contributed by atoms with Crippen LogP contribution in [0.3, 0.4) is 0 Å². The minimum atomic E-state index is -0.499. The lowest BCUT2D eigenvalue weighted by atomic mass is 10.0. The van der Waals surface area contributed by atoms with Gasteiger partial charge in [0.15, 0.2) is 0 Å². The van der Waals surface area contributed by atoms with Crippen LogP contribution in [0.1, 0.15) is 5.56 Å². The summed E-state index contributed by atoms with van der Waals surface area (Å²) in [7, 11) is 0. The molecule has 0 unspecified atom stereocenters. The van der Waals surface area contributed by atoms with Crippen molar-refractivity contribution in [3.63, 3.8) is 0 Å². The Kier molecular flexibility index (Phi) is 3.54. The molecular weight excluding hydrogens is 288 g/mol. The largest absolute Gasteiger partial charge is 0.440 e. The van der Waals surface area contributed by atoms with Gasteiger partial charge in [0.05, 0.1) is 5.57 Å². The van der Waals surface area contributed by atoms with Crippen molar-refractivity contribution in [3.8, 4) is 5.75 Å². The van der Waals surface area contributed by atoms with Crippen molar-refractivity contribution in [2.45, 2.75) is 6.42 Å². The zero-order valence-electron chi connectivity index (χ0n) is 11.1. The first-order valence-corrected chi connectivity index (χ1v) is 6.82. The molecule has 4 nitrogen and oxygen atoms in total. The Bertz CT molecular complexity index is 723. The highest BCUT2D eigenvalue weighted by Crippen LogP contribution is 2.30. The number of carbonyl (C=O) groups is 1. The van der Waals surface area contributed by atoms with Crippen molar-refractivity contribution in [2.24, 2.45) is 5.73 Å². The van der Waals surface area contributed by atoms with Crippen molar-refractivity contribution in [2.75, 3.05) is 5.32 Å². The van der Waals surface area contributed by atoms with Crippen LogP contribution in [-0.4, -0.2) is 5.91 Å². The van der Waals surface area contributed by atoms with E-state index in [2.05, 4.69) is 5.32 Å². The van der Waals surface area contributed by atoms with Crippen LogP contribution in [-0.2, 0) is 11.2 Å². The van der Waals surface area contributed by atoms with Gasteiger partial charge >= 0.3 is 0 Å². The van der Waals surface area contributed by atoms with Crippen molar-refractivity contribution in [1.82, 2.24) is 0 Å². The fraction of sp³-hybridized carbons (Fsp3) is 0.0625. The lowest BCUT2D eigenvalue weighted by Gasteiger charge is -2.22. The number of hydrogen-bond donors (Lipinski definition) is 2. The molecule has 3 rings (SSSR count). The Morgan fingerprint density at radius 3 is 2.57 bits per heavy atom. The van der Waals surface area contributed by atoms with Crippen LogP contribution >= 0.6 is 11.6 Å². The summed E-state index contributed by atoms with van der Waals surface area (Å²) in [4.78, 5) is 11.6. The van der Waals surface area contributed by atoms with E-state index in [9.17, 15) is 4.79 Å².